The number of carbonyl (C=O) groups is 3. The first-order chi connectivity index (χ1) is 16.2. The van der Waals surface area contributed by atoms with E-state index < -0.39 is 18.0 Å². The fourth-order valence-electron chi connectivity index (χ4n) is 3.26. The lowest BCUT2D eigenvalue weighted by Gasteiger charge is -2.13. The predicted octanol–water partition coefficient (Wildman–Crippen LogP) is 4.68. The van der Waals surface area contributed by atoms with Crippen molar-refractivity contribution < 1.29 is 23.5 Å². The molecule has 0 fully saturated rings. The Hall–Kier alpha value is -4.05. The number of hydrogen-bond acceptors (Lipinski definition) is 6. The molecule has 8 nitrogen and oxygen atoms in total. The van der Waals surface area contributed by atoms with E-state index in [2.05, 4.69) is 15.7 Å². The van der Waals surface area contributed by atoms with Crippen LogP contribution in [0.2, 0.25) is 0 Å². The number of hydrogen-bond donors (Lipinski definition) is 2. The fourth-order valence-corrected chi connectivity index (χ4v) is 4.33. The van der Waals surface area contributed by atoms with Gasteiger partial charge >= 0.3 is 5.97 Å². The van der Waals surface area contributed by atoms with Gasteiger partial charge in [0, 0.05) is 23.7 Å². The lowest BCUT2D eigenvalue weighted by atomic mass is 10.2. The van der Waals surface area contributed by atoms with Crippen molar-refractivity contribution in [2.45, 2.75) is 26.9 Å². The summed E-state index contributed by atoms with van der Waals surface area (Å²) in [6.07, 6.45) is -1.04. The summed E-state index contributed by atoms with van der Waals surface area (Å²) >= 11 is 1.18. The Bertz CT molecular complexity index is 1380. The Labute approximate surface area is 198 Å². The summed E-state index contributed by atoms with van der Waals surface area (Å²) in [7, 11) is 0. The molecule has 0 aliphatic carbocycles. The Morgan fingerprint density at radius 2 is 1.65 bits per heavy atom. The predicted molar refractivity (Wildman–Crippen MR) is 128 cm³/mol. The lowest BCUT2D eigenvalue weighted by molar-refractivity contribution is -0.123. The molecule has 2 aromatic heterocycles. The number of aromatic nitrogens is 2. The number of thiophene rings is 1. The van der Waals surface area contributed by atoms with E-state index in [1.807, 2.05) is 6.92 Å². The smallest absolute Gasteiger partial charge is 0.349 e. The number of nitrogens with one attached hydrogen (secondary N) is 2. The average molecular weight is 481 g/mol. The first-order valence-electron chi connectivity index (χ1n) is 10.4. The van der Waals surface area contributed by atoms with E-state index in [0.717, 1.165) is 5.39 Å². The van der Waals surface area contributed by atoms with Gasteiger partial charge in [0.1, 0.15) is 15.5 Å². The molecule has 0 bridgehead atoms. The number of fused-ring (bicyclic) bond motifs is 1. The maximum Gasteiger partial charge on any atom is 0.349 e. The van der Waals surface area contributed by atoms with Crippen LogP contribution in [0.25, 0.3) is 15.9 Å². The average Bonchev–Trinajstić information content (AvgIpc) is 3.36. The van der Waals surface area contributed by atoms with Crippen LogP contribution in [0.4, 0.5) is 15.8 Å². The Balaban J connectivity index is 1.45. The zero-order valence-corrected chi connectivity index (χ0v) is 19.4. The summed E-state index contributed by atoms with van der Waals surface area (Å²) in [6.45, 7) is 4.71. The number of benzene rings is 2. The number of nitrogens with zero attached hydrogens (tertiary/aromatic N) is 2. The number of carbonyl (C=O) groups excluding carboxylic acids is 3. The molecule has 34 heavy (non-hydrogen) atoms. The molecule has 0 saturated carbocycles. The second kappa shape index (κ2) is 9.44. The third kappa shape index (κ3) is 4.96. The third-order valence-electron chi connectivity index (χ3n) is 4.94. The van der Waals surface area contributed by atoms with E-state index >= 15 is 0 Å². The minimum Gasteiger partial charge on any atom is -0.448 e. The van der Waals surface area contributed by atoms with Gasteiger partial charge in [-0.1, -0.05) is 0 Å². The molecule has 0 unspecified atom stereocenters. The van der Waals surface area contributed by atoms with Gasteiger partial charge < -0.3 is 15.4 Å². The van der Waals surface area contributed by atoms with Crippen LogP contribution >= 0.6 is 11.3 Å². The minimum absolute atomic E-state index is 0.195. The van der Waals surface area contributed by atoms with Crippen LogP contribution in [0.1, 0.15) is 29.2 Å². The maximum absolute atomic E-state index is 13.3. The molecule has 0 aliphatic rings. The van der Waals surface area contributed by atoms with Crippen molar-refractivity contribution in [1.29, 1.82) is 0 Å². The molecular formula is C24H21FN4O4S. The third-order valence-corrected chi connectivity index (χ3v) is 6.03. The molecule has 2 heterocycles. The fraction of sp³-hybridized carbons (Fsp3) is 0.167. The highest BCUT2D eigenvalue weighted by Crippen LogP contribution is 2.31. The van der Waals surface area contributed by atoms with Gasteiger partial charge in [-0.05, 0) is 68.4 Å². The van der Waals surface area contributed by atoms with E-state index in [0.29, 0.717) is 32.5 Å². The van der Waals surface area contributed by atoms with Gasteiger partial charge in [0.05, 0.1) is 11.4 Å². The van der Waals surface area contributed by atoms with Crippen LogP contribution in [0.5, 0.6) is 0 Å². The van der Waals surface area contributed by atoms with Crippen LogP contribution in [-0.2, 0) is 14.3 Å². The number of halogens is 1. The summed E-state index contributed by atoms with van der Waals surface area (Å²) < 4.78 is 20.3. The summed E-state index contributed by atoms with van der Waals surface area (Å²) in [5.41, 5.74) is 2.48. The molecule has 0 spiro atoms. The quantitative estimate of drug-likeness (QED) is 0.390. The largest absolute Gasteiger partial charge is 0.448 e. The molecule has 4 rings (SSSR count). The van der Waals surface area contributed by atoms with Crippen LogP contribution in [0.15, 0.2) is 54.6 Å². The molecule has 2 aromatic carbocycles. The summed E-state index contributed by atoms with van der Waals surface area (Å²) in [5, 5.41) is 10.6. The highest BCUT2D eigenvalue weighted by molar-refractivity contribution is 7.20. The molecule has 0 saturated heterocycles. The zero-order valence-electron chi connectivity index (χ0n) is 18.6. The van der Waals surface area contributed by atoms with Gasteiger partial charge in [-0.25, -0.2) is 13.9 Å². The summed E-state index contributed by atoms with van der Waals surface area (Å²) in [6, 6.07) is 14.1. The first-order valence-corrected chi connectivity index (χ1v) is 11.2. The maximum atomic E-state index is 13.3. The minimum atomic E-state index is -1.04. The zero-order chi connectivity index (χ0) is 24.4. The van der Waals surface area contributed by atoms with Crippen molar-refractivity contribution in [2.24, 2.45) is 0 Å². The van der Waals surface area contributed by atoms with E-state index in [4.69, 9.17) is 4.74 Å². The highest BCUT2D eigenvalue weighted by atomic mass is 32.1. The molecule has 10 heteroatoms. The number of anilines is 2. The van der Waals surface area contributed by atoms with Crippen LogP contribution in [0, 0.1) is 12.7 Å². The van der Waals surface area contributed by atoms with E-state index in [-0.39, 0.29) is 11.7 Å². The Morgan fingerprint density at radius 3 is 2.26 bits per heavy atom. The molecule has 1 atom stereocenters. The first kappa shape index (κ1) is 23.1. The second-order valence-electron chi connectivity index (χ2n) is 7.60. The van der Waals surface area contributed by atoms with E-state index in [1.165, 1.54) is 37.3 Å². The SMILES string of the molecule is CC(=O)Nc1ccc(NC(=O)[C@H](C)OC(=O)c2cc3c(C)nn(-c4ccc(F)cc4)c3s2)cc1. The van der Waals surface area contributed by atoms with Gasteiger partial charge in [0.15, 0.2) is 6.10 Å². The highest BCUT2D eigenvalue weighted by Gasteiger charge is 2.23. The van der Waals surface area contributed by atoms with Crippen molar-refractivity contribution >= 4 is 50.7 Å². The molecule has 2 N–H and O–H groups in total. The molecule has 0 radical (unpaired) electrons. The van der Waals surface area contributed by atoms with Crippen molar-refractivity contribution in [3.63, 3.8) is 0 Å². The number of ether oxygens (including phenoxy) is 1. The van der Waals surface area contributed by atoms with E-state index in [1.54, 1.807) is 47.1 Å². The van der Waals surface area contributed by atoms with Crippen molar-refractivity contribution in [2.75, 3.05) is 10.6 Å². The van der Waals surface area contributed by atoms with Crippen molar-refractivity contribution in [1.82, 2.24) is 9.78 Å². The summed E-state index contributed by atoms with van der Waals surface area (Å²) in [5.74, 6) is -1.67. The molecule has 0 aliphatic heterocycles. The molecule has 2 amide bonds. The van der Waals surface area contributed by atoms with Crippen molar-refractivity contribution in [3.8, 4) is 5.69 Å². The van der Waals surface area contributed by atoms with Gasteiger partial charge in [-0.2, -0.15) is 5.10 Å². The van der Waals surface area contributed by atoms with Crippen LogP contribution in [0.3, 0.4) is 0 Å². The number of esters is 1. The number of aryl methyl sites for hydroxylation is 1. The Morgan fingerprint density at radius 1 is 1.03 bits per heavy atom. The molecule has 174 valence electrons. The van der Waals surface area contributed by atoms with Gasteiger partial charge in [-0.3, -0.25) is 9.59 Å². The molecule has 4 aromatic rings. The topological polar surface area (TPSA) is 102 Å². The summed E-state index contributed by atoms with van der Waals surface area (Å²) in [4.78, 5) is 37.3. The van der Waals surface area contributed by atoms with Gasteiger partial charge in [0.25, 0.3) is 5.91 Å². The van der Waals surface area contributed by atoms with Crippen LogP contribution in [-0.4, -0.2) is 33.7 Å². The number of amides is 2. The second-order valence-corrected chi connectivity index (χ2v) is 8.63. The standard InChI is InChI=1S/C24H21FN4O4S/c1-13-20-12-21(34-23(20)29(28-13)19-10-4-16(25)5-11-19)24(32)33-14(2)22(31)27-18-8-6-17(7-9-18)26-15(3)30/h4-12,14H,1-3H3,(H,26,30)(H,27,31)/t14-/m0/s1. The van der Waals surface area contributed by atoms with Crippen LogP contribution < -0.4 is 10.6 Å². The monoisotopic (exact) mass is 480 g/mol. The lowest BCUT2D eigenvalue weighted by Crippen LogP contribution is -2.29. The van der Waals surface area contributed by atoms with Crippen molar-refractivity contribution in [3.05, 3.63) is 71.0 Å². The van der Waals surface area contributed by atoms with Gasteiger partial charge in [-0.15, -0.1) is 11.3 Å². The van der Waals surface area contributed by atoms with Gasteiger partial charge in [0.2, 0.25) is 5.91 Å². The van der Waals surface area contributed by atoms with E-state index in [9.17, 15) is 18.8 Å². The normalized spacial score (nSPS) is 11.8. The molecular weight excluding hydrogens is 459 g/mol. The Kier molecular flexibility index (Phi) is 6.42. The number of rotatable bonds is 6.